The predicted octanol–water partition coefficient (Wildman–Crippen LogP) is 2.88. The second kappa shape index (κ2) is 4.75. The number of rotatable bonds is 3. The maximum atomic E-state index is 12.3. The van der Waals surface area contributed by atoms with E-state index in [1.54, 1.807) is 0 Å². The fourth-order valence-electron chi connectivity index (χ4n) is 3.10. The molecule has 18 heavy (non-hydrogen) atoms. The second-order valence-corrected chi connectivity index (χ2v) is 5.84. The van der Waals surface area contributed by atoms with Crippen LogP contribution in [0.25, 0.3) is 0 Å². The first-order valence-electron chi connectivity index (χ1n) is 7.10. The van der Waals surface area contributed by atoms with Crippen molar-refractivity contribution < 1.29 is 4.79 Å². The molecule has 3 rings (SSSR count). The molecule has 96 valence electrons. The molecule has 1 aliphatic carbocycles. The minimum Gasteiger partial charge on any atom is -0.339 e. The van der Waals surface area contributed by atoms with Crippen molar-refractivity contribution in [2.75, 3.05) is 6.54 Å². The fraction of sp³-hybridized carbons (Fsp3) is 0.562. The van der Waals surface area contributed by atoms with E-state index in [0.717, 1.165) is 19.4 Å². The van der Waals surface area contributed by atoms with Gasteiger partial charge in [-0.2, -0.15) is 0 Å². The molecule has 1 saturated carbocycles. The standard InChI is InChI=1S/C16H21NO/c1-12-10-15(12)16(18)17-9-5-8-14(17)11-13-6-3-2-4-7-13/h2-4,6-7,12,14-15H,5,8-11H2,1H3. The van der Waals surface area contributed by atoms with E-state index in [1.807, 2.05) is 6.07 Å². The average Bonchev–Trinajstić information content (AvgIpc) is 2.94. The van der Waals surface area contributed by atoms with Crippen LogP contribution >= 0.6 is 0 Å². The first-order valence-corrected chi connectivity index (χ1v) is 7.10. The van der Waals surface area contributed by atoms with Crippen molar-refractivity contribution in [1.82, 2.24) is 4.90 Å². The minimum absolute atomic E-state index is 0.335. The van der Waals surface area contributed by atoms with Crippen molar-refractivity contribution in [2.45, 2.75) is 38.6 Å². The Hall–Kier alpha value is -1.31. The Bertz CT molecular complexity index is 428. The average molecular weight is 243 g/mol. The Morgan fingerprint density at radius 1 is 1.33 bits per heavy atom. The molecule has 3 unspecified atom stereocenters. The number of carbonyl (C=O) groups excluding carboxylic acids is 1. The highest BCUT2D eigenvalue weighted by molar-refractivity contribution is 5.82. The van der Waals surface area contributed by atoms with Gasteiger partial charge in [0.05, 0.1) is 0 Å². The van der Waals surface area contributed by atoms with Gasteiger partial charge in [-0.05, 0) is 37.2 Å². The van der Waals surface area contributed by atoms with Gasteiger partial charge in [0.25, 0.3) is 0 Å². The molecule has 0 aromatic heterocycles. The second-order valence-electron chi connectivity index (χ2n) is 5.84. The third kappa shape index (κ3) is 2.29. The van der Waals surface area contributed by atoms with Gasteiger partial charge < -0.3 is 4.90 Å². The van der Waals surface area contributed by atoms with Crippen LogP contribution in [0.2, 0.25) is 0 Å². The molecule has 2 nitrogen and oxygen atoms in total. The molecule has 0 bridgehead atoms. The van der Waals surface area contributed by atoms with E-state index in [9.17, 15) is 4.79 Å². The van der Waals surface area contributed by atoms with E-state index in [-0.39, 0.29) is 0 Å². The van der Waals surface area contributed by atoms with Crippen LogP contribution in [0.1, 0.15) is 31.7 Å². The zero-order valence-corrected chi connectivity index (χ0v) is 11.0. The minimum atomic E-state index is 0.335. The zero-order valence-electron chi connectivity index (χ0n) is 11.0. The van der Waals surface area contributed by atoms with Crippen LogP contribution in [-0.4, -0.2) is 23.4 Å². The molecule has 1 aliphatic heterocycles. The summed E-state index contributed by atoms with van der Waals surface area (Å²) in [6, 6.07) is 11.0. The summed E-state index contributed by atoms with van der Waals surface area (Å²) in [5.41, 5.74) is 1.35. The molecule has 0 spiro atoms. The lowest BCUT2D eigenvalue weighted by atomic mass is 10.0. The van der Waals surface area contributed by atoms with Crippen molar-refractivity contribution in [2.24, 2.45) is 11.8 Å². The van der Waals surface area contributed by atoms with Gasteiger partial charge in [-0.15, -0.1) is 0 Å². The lowest BCUT2D eigenvalue weighted by Crippen LogP contribution is -2.38. The van der Waals surface area contributed by atoms with Gasteiger partial charge >= 0.3 is 0 Å². The number of nitrogens with zero attached hydrogens (tertiary/aromatic N) is 1. The van der Waals surface area contributed by atoms with E-state index in [0.29, 0.717) is 23.8 Å². The van der Waals surface area contributed by atoms with Crippen LogP contribution in [0.5, 0.6) is 0 Å². The molecule has 1 aromatic carbocycles. The molecule has 1 amide bonds. The Morgan fingerprint density at radius 2 is 2.06 bits per heavy atom. The van der Waals surface area contributed by atoms with E-state index in [4.69, 9.17) is 0 Å². The summed E-state index contributed by atoms with van der Waals surface area (Å²) in [6.07, 6.45) is 4.47. The molecule has 2 heteroatoms. The summed E-state index contributed by atoms with van der Waals surface area (Å²) >= 11 is 0. The third-order valence-electron chi connectivity index (χ3n) is 4.40. The molecule has 0 radical (unpaired) electrons. The summed E-state index contributed by atoms with van der Waals surface area (Å²) < 4.78 is 0. The number of amides is 1. The normalized spacial score (nSPS) is 30.5. The SMILES string of the molecule is CC1CC1C(=O)N1CCCC1Cc1ccccc1. The number of hydrogen-bond acceptors (Lipinski definition) is 1. The maximum absolute atomic E-state index is 12.3. The monoisotopic (exact) mass is 243 g/mol. The highest BCUT2D eigenvalue weighted by Gasteiger charge is 2.43. The van der Waals surface area contributed by atoms with Crippen molar-refractivity contribution in [3.8, 4) is 0 Å². The lowest BCUT2D eigenvalue weighted by Gasteiger charge is -2.25. The lowest BCUT2D eigenvalue weighted by molar-refractivity contribution is -0.133. The summed E-state index contributed by atoms with van der Waals surface area (Å²) in [5.74, 6) is 1.37. The van der Waals surface area contributed by atoms with Crippen molar-refractivity contribution in [3.05, 3.63) is 35.9 Å². The molecule has 1 aromatic rings. The van der Waals surface area contributed by atoms with E-state index in [1.165, 1.54) is 18.4 Å². The Labute approximate surface area is 109 Å². The number of hydrogen-bond donors (Lipinski definition) is 0. The molecule has 1 heterocycles. The predicted molar refractivity (Wildman–Crippen MR) is 72.2 cm³/mol. The highest BCUT2D eigenvalue weighted by Crippen LogP contribution is 2.40. The third-order valence-corrected chi connectivity index (χ3v) is 4.40. The Kier molecular flexibility index (Phi) is 3.11. The van der Waals surface area contributed by atoms with Crippen LogP contribution in [0, 0.1) is 11.8 Å². The van der Waals surface area contributed by atoms with E-state index < -0.39 is 0 Å². The molecular weight excluding hydrogens is 222 g/mol. The smallest absolute Gasteiger partial charge is 0.226 e. The van der Waals surface area contributed by atoms with Crippen LogP contribution < -0.4 is 0 Å². The van der Waals surface area contributed by atoms with Gasteiger partial charge in [-0.25, -0.2) is 0 Å². The fourth-order valence-corrected chi connectivity index (χ4v) is 3.10. The van der Waals surface area contributed by atoms with Crippen LogP contribution in [0.15, 0.2) is 30.3 Å². The Balaban J connectivity index is 1.66. The van der Waals surface area contributed by atoms with Crippen LogP contribution in [0.4, 0.5) is 0 Å². The van der Waals surface area contributed by atoms with Crippen LogP contribution in [0.3, 0.4) is 0 Å². The molecule has 1 saturated heterocycles. The summed E-state index contributed by atoms with van der Waals surface area (Å²) in [4.78, 5) is 14.5. The number of likely N-dealkylation sites (tertiary alicyclic amines) is 1. The van der Waals surface area contributed by atoms with Crippen molar-refractivity contribution >= 4 is 5.91 Å². The highest BCUT2D eigenvalue weighted by atomic mass is 16.2. The van der Waals surface area contributed by atoms with Gasteiger partial charge in [0.2, 0.25) is 5.91 Å². The number of carbonyl (C=O) groups is 1. The zero-order chi connectivity index (χ0) is 12.5. The van der Waals surface area contributed by atoms with Crippen molar-refractivity contribution in [3.63, 3.8) is 0 Å². The molecule has 0 N–H and O–H groups in total. The first-order chi connectivity index (χ1) is 8.75. The largest absolute Gasteiger partial charge is 0.339 e. The van der Waals surface area contributed by atoms with Gasteiger partial charge in [0.15, 0.2) is 0 Å². The molecule has 2 fully saturated rings. The molecular formula is C16H21NO. The van der Waals surface area contributed by atoms with Crippen LogP contribution in [-0.2, 0) is 11.2 Å². The first kappa shape index (κ1) is 11.8. The van der Waals surface area contributed by atoms with Gasteiger partial charge in [0.1, 0.15) is 0 Å². The summed E-state index contributed by atoms with van der Waals surface area (Å²) in [7, 11) is 0. The van der Waals surface area contributed by atoms with Crippen molar-refractivity contribution in [1.29, 1.82) is 0 Å². The Morgan fingerprint density at radius 3 is 2.72 bits per heavy atom. The van der Waals surface area contributed by atoms with Gasteiger partial charge in [-0.1, -0.05) is 37.3 Å². The van der Waals surface area contributed by atoms with E-state index >= 15 is 0 Å². The molecule has 2 aliphatic rings. The molecule has 3 atom stereocenters. The topological polar surface area (TPSA) is 20.3 Å². The maximum Gasteiger partial charge on any atom is 0.226 e. The quantitative estimate of drug-likeness (QED) is 0.799. The van der Waals surface area contributed by atoms with Gasteiger partial charge in [-0.3, -0.25) is 4.79 Å². The van der Waals surface area contributed by atoms with E-state index in [2.05, 4.69) is 36.1 Å². The summed E-state index contributed by atoms with van der Waals surface area (Å²) in [5, 5.41) is 0. The number of benzene rings is 1. The summed E-state index contributed by atoms with van der Waals surface area (Å²) in [6.45, 7) is 3.16. The van der Waals surface area contributed by atoms with Gasteiger partial charge in [0, 0.05) is 18.5 Å².